The first kappa shape index (κ1) is 13.1. The van der Waals surface area contributed by atoms with Crippen LogP contribution in [0.3, 0.4) is 0 Å². The maximum atomic E-state index is 4.38. The van der Waals surface area contributed by atoms with Gasteiger partial charge in [0.2, 0.25) is 0 Å². The maximum Gasteiger partial charge on any atom is 0.0534 e. The third-order valence-electron chi connectivity index (χ3n) is 4.72. The second-order valence-electron chi connectivity index (χ2n) is 6.30. The molecule has 0 saturated carbocycles. The van der Waals surface area contributed by atoms with Crippen LogP contribution >= 0.6 is 0 Å². The van der Waals surface area contributed by atoms with Gasteiger partial charge in [-0.1, -0.05) is 0 Å². The smallest absolute Gasteiger partial charge is 0.0534 e. The minimum absolute atomic E-state index is 0.553. The van der Waals surface area contributed by atoms with Crippen molar-refractivity contribution in [2.45, 2.75) is 45.7 Å². The Bertz CT molecular complexity index is 401. The lowest BCUT2D eigenvalue weighted by molar-refractivity contribution is 0.0600. The van der Waals surface area contributed by atoms with Crippen molar-refractivity contribution in [3.05, 3.63) is 18.0 Å². The normalized spacial score (nSPS) is 28.9. The molecule has 0 radical (unpaired) electrons. The van der Waals surface area contributed by atoms with E-state index in [0.717, 1.165) is 13.1 Å². The molecule has 106 valence electrons. The second kappa shape index (κ2) is 5.63. The average Bonchev–Trinajstić information content (AvgIpc) is 2.87. The van der Waals surface area contributed by atoms with E-state index in [4.69, 9.17) is 0 Å². The van der Waals surface area contributed by atoms with Gasteiger partial charge in [0.1, 0.15) is 0 Å². The molecular formula is C15H26N4. The Labute approximate surface area is 116 Å². The molecule has 3 rings (SSSR count). The molecule has 0 aliphatic carbocycles. The summed E-state index contributed by atoms with van der Waals surface area (Å²) in [5.41, 5.74) is 1.92. The molecule has 0 amide bonds. The number of likely N-dealkylation sites (tertiary alicyclic amines) is 1. The maximum absolute atomic E-state index is 4.38. The van der Waals surface area contributed by atoms with Gasteiger partial charge in [0.15, 0.2) is 0 Å². The molecule has 0 bridgehead atoms. The van der Waals surface area contributed by atoms with Crippen molar-refractivity contribution in [3.8, 4) is 0 Å². The third-order valence-corrected chi connectivity index (χ3v) is 4.72. The molecule has 4 heteroatoms. The van der Waals surface area contributed by atoms with E-state index in [1.54, 1.807) is 0 Å². The van der Waals surface area contributed by atoms with Crippen LogP contribution < -0.4 is 5.32 Å². The summed E-state index contributed by atoms with van der Waals surface area (Å²) in [6.45, 7) is 9.12. The van der Waals surface area contributed by atoms with Gasteiger partial charge < -0.3 is 5.32 Å². The van der Waals surface area contributed by atoms with Gasteiger partial charge in [-0.3, -0.25) is 9.58 Å². The van der Waals surface area contributed by atoms with Crippen molar-refractivity contribution in [2.24, 2.45) is 5.41 Å². The standard InChI is InChI=1S/C15H26N4/c1-2-19-11-14(9-17-19)10-18-8-4-6-15(13-18)5-3-7-16-12-15/h9,11,16H,2-8,10,12-13H2,1H3. The minimum Gasteiger partial charge on any atom is -0.316 e. The summed E-state index contributed by atoms with van der Waals surface area (Å²) < 4.78 is 2.03. The van der Waals surface area contributed by atoms with Crippen LogP contribution in [0.15, 0.2) is 12.4 Å². The first-order valence-corrected chi connectivity index (χ1v) is 7.74. The Kier molecular flexibility index (Phi) is 3.89. The van der Waals surface area contributed by atoms with Crippen LogP contribution in [-0.4, -0.2) is 40.9 Å². The number of aromatic nitrogens is 2. The molecule has 1 N–H and O–H groups in total. The van der Waals surface area contributed by atoms with Crippen LogP contribution in [0.1, 0.15) is 38.2 Å². The number of rotatable bonds is 3. The Hall–Kier alpha value is -0.870. The van der Waals surface area contributed by atoms with E-state index in [2.05, 4.69) is 28.4 Å². The van der Waals surface area contributed by atoms with Gasteiger partial charge in [0.25, 0.3) is 0 Å². The molecule has 1 unspecified atom stereocenters. The van der Waals surface area contributed by atoms with E-state index in [-0.39, 0.29) is 0 Å². The average molecular weight is 262 g/mol. The first-order chi connectivity index (χ1) is 9.30. The zero-order valence-electron chi connectivity index (χ0n) is 12.1. The van der Waals surface area contributed by atoms with Gasteiger partial charge >= 0.3 is 0 Å². The Balaban J connectivity index is 1.61. The van der Waals surface area contributed by atoms with Crippen LogP contribution in [0, 0.1) is 5.41 Å². The lowest BCUT2D eigenvalue weighted by atomic mass is 9.74. The van der Waals surface area contributed by atoms with E-state index in [9.17, 15) is 0 Å². The summed E-state index contributed by atoms with van der Waals surface area (Å²) in [5.74, 6) is 0. The largest absolute Gasteiger partial charge is 0.316 e. The molecule has 2 saturated heterocycles. The first-order valence-electron chi connectivity index (χ1n) is 7.74. The molecule has 4 nitrogen and oxygen atoms in total. The second-order valence-corrected chi connectivity index (χ2v) is 6.30. The highest BCUT2D eigenvalue weighted by Crippen LogP contribution is 2.36. The molecule has 2 aliphatic rings. The lowest BCUT2D eigenvalue weighted by Gasteiger charge is -2.45. The fourth-order valence-corrected chi connectivity index (χ4v) is 3.74. The van der Waals surface area contributed by atoms with Crippen LogP contribution in [0.4, 0.5) is 0 Å². The number of aryl methyl sites for hydroxylation is 1. The summed E-state index contributed by atoms with van der Waals surface area (Å²) in [6, 6.07) is 0. The van der Waals surface area contributed by atoms with E-state index in [1.165, 1.54) is 57.4 Å². The van der Waals surface area contributed by atoms with E-state index >= 15 is 0 Å². The summed E-state index contributed by atoms with van der Waals surface area (Å²) >= 11 is 0. The van der Waals surface area contributed by atoms with Crippen molar-refractivity contribution in [2.75, 3.05) is 26.2 Å². The van der Waals surface area contributed by atoms with Gasteiger partial charge in [-0.25, -0.2) is 0 Å². The predicted octanol–water partition coefficient (Wildman–Crippen LogP) is 1.87. The van der Waals surface area contributed by atoms with Crippen molar-refractivity contribution in [1.29, 1.82) is 0 Å². The van der Waals surface area contributed by atoms with Crippen LogP contribution in [0.25, 0.3) is 0 Å². The van der Waals surface area contributed by atoms with Gasteiger partial charge in [0.05, 0.1) is 6.20 Å². The van der Waals surface area contributed by atoms with E-state index in [1.807, 2.05) is 10.9 Å². The molecule has 1 aromatic rings. The Morgan fingerprint density at radius 3 is 3.00 bits per heavy atom. The van der Waals surface area contributed by atoms with Crippen LogP contribution in [0.5, 0.6) is 0 Å². The number of nitrogens with one attached hydrogen (secondary N) is 1. The zero-order chi connectivity index (χ0) is 13.1. The molecule has 2 aliphatic heterocycles. The van der Waals surface area contributed by atoms with E-state index in [0.29, 0.717) is 5.41 Å². The highest BCUT2D eigenvalue weighted by atomic mass is 15.3. The molecule has 1 aromatic heterocycles. The third kappa shape index (κ3) is 3.00. The summed E-state index contributed by atoms with van der Waals surface area (Å²) in [7, 11) is 0. The number of hydrogen-bond acceptors (Lipinski definition) is 3. The van der Waals surface area contributed by atoms with Gasteiger partial charge in [0, 0.05) is 37.9 Å². The monoisotopic (exact) mass is 262 g/mol. The van der Waals surface area contributed by atoms with E-state index < -0.39 is 0 Å². The number of piperidine rings is 2. The highest BCUT2D eigenvalue weighted by Gasteiger charge is 2.36. The lowest BCUT2D eigenvalue weighted by Crippen LogP contribution is -2.50. The van der Waals surface area contributed by atoms with Crippen molar-refractivity contribution in [3.63, 3.8) is 0 Å². The molecule has 3 heterocycles. The zero-order valence-corrected chi connectivity index (χ0v) is 12.1. The van der Waals surface area contributed by atoms with Gasteiger partial charge in [-0.15, -0.1) is 0 Å². The molecule has 1 spiro atoms. The fraction of sp³-hybridized carbons (Fsp3) is 0.800. The minimum atomic E-state index is 0.553. The molecule has 19 heavy (non-hydrogen) atoms. The fourth-order valence-electron chi connectivity index (χ4n) is 3.74. The van der Waals surface area contributed by atoms with Gasteiger partial charge in [-0.05, 0) is 51.1 Å². The molecule has 0 aromatic carbocycles. The molecule has 1 atom stereocenters. The van der Waals surface area contributed by atoms with Crippen molar-refractivity contribution in [1.82, 2.24) is 20.0 Å². The van der Waals surface area contributed by atoms with Crippen LogP contribution in [-0.2, 0) is 13.1 Å². The summed E-state index contributed by atoms with van der Waals surface area (Å²) in [5, 5.41) is 7.98. The summed E-state index contributed by atoms with van der Waals surface area (Å²) in [4.78, 5) is 2.63. The predicted molar refractivity (Wildman–Crippen MR) is 76.9 cm³/mol. The summed E-state index contributed by atoms with van der Waals surface area (Å²) in [6.07, 6.45) is 9.74. The number of nitrogens with zero attached hydrogens (tertiary/aromatic N) is 3. The number of hydrogen-bond donors (Lipinski definition) is 1. The quantitative estimate of drug-likeness (QED) is 0.903. The highest BCUT2D eigenvalue weighted by molar-refractivity contribution is 5.04. The van der Waals surface area contributed by atoms with Gasteiger partial charge in [-0.2, -0.15) is 5.10 Å². The molecular weight excluding hydrogens is 236 g/mol. The van der Waals surface area contributed by atoms with Crippen LogP contribution in [0.2, 0.25) is 0 Å². The molecule has 2 fully saturated rings. The Morgan fingerprint density at radius 1 is 1.37 bits per heavy atom. The van der Waals surface area contributed by atoms with Crippen molar-refractivity contribution < 1.29 is 0 Å². The SMILES string of the molecule is CCn1cc(CN2CCCC3(CCCNC3)C2)cn1. The topological polar surface area (TPSA) is 33.1 Å². The Morgan fingerprint density at radius 2 is 2.26 bits per heavy atom. The van der Waals surface area contributed by atoms with Crippen molar-refractivity contribution >= 4 is 0 Å².